The second-order valence-electron chi connectivity index (χ2n) is 3.25. The number of benzene rings is 1. The second kappa shape index (κ2) is 5.22. The molecule has 0 amide bonds. The molecule has 0 saturated carbocycles. The highest BCUT2D eigenvalue weighted by Gasteiger charge is 2.03. The molecule has 1 aromatic carbocycles. The van der Waals surface area contributed by atoms with Crippen LogP contribution in [0.1, 0.15) is 6.42 Å². The minimum atomic E-state index is 0.560. The van der Waals surface area contributed by atoms with Gasteiger partial charge < -0.3 is 10.5 Å². The summed E-state index contributed by atoms with van der Waals surface area (Å²) in [6.07, 6.45) is 0.840. The molecule has 1 aromatic heterocycles. The van der Waals surface area contributed by atoms with Crippen LogP contribution in [0.3, 0.4) is 0 Å². The van der Waals surface area contributed by atoms with Crippen LogP contribution in [-0.4, -0.2) is 33.8 Å². The van der Waals surface area contributed by atoms with E-state index in [1.807, 2.05) is 24.3 Å². The highest BCUT2D eigenvalue weighted by molar-refractivity contribution is 5.56. The summed E-state index contributed by atoms with van der Waals surface area (Å²) in [7, 11) is 0. The molecule has 0 spiro atoms. The van der Waals surface area contributed by atoms with Crippen LogP contribution in [-0.2, 0) is 0 Å². The molecule has 1 heterocycles. The molecule has 6 nitrogen and oxygen atoms in total. The molecule has 0 unspecified atom stereocenters. The van der Waals surface area contributed by atoms with Crippen molar-refractivity contribution in [2.75, 3.05) is 13.2 Å². The van der Waals surface area contributed by atoms with Gasteiger partial charge in [-0.15, -0.1) is 10.2 Å². The van der Waals surface area contributed by atoms with Gasteiger partial charge in [-0.3, -0.25) is 0 Å². The zero-order valence-corrected chi connectivity index (χ0v) is 8.76. The van der Waals surface area contributed by atoms with Crippen LogP contribution < -0.4 is 10.5 Å². The minimum Gasteiger partial charge on any atom is -0.494 e. The maximum absolute atomic E-state index is 5.52. The molecule has 0 fully saturated rings. The van der Waals surface area contributed by atoms with Crippen molar-refractivity contribution in [1.29, 1.82) is 0 Å². The first-order chi connectivity index (χ1) is 7.90. The molecule has 0 radical (unpaired) electrons. The third kappa shape index (κ3) is 2.54. The smallest absolute Gasteiger partial charge is 0.204 e. The van der Waals surface area contributed by atoms with Crippen molar-refractivity contribution in [1.82, 2.24) is 20.6 Å². The van der Waals surface area contributed by atoms with Crippen molar-refractivity contribution < 1.29 is 4.74 Å². The van der Waals surface area contributed by atoms with Crippen molar-refractivity contribution in [2.45, 2.75) is 6.42 Å². The van der Waals surface area contributed by atoms with Crippen molar-refractivity contribution in [3.8, 4) is 17.1 Å². The molecule has 6 heteroatoms. The largest absolute Gasteiger partial charge is 0.494 e. The number of hydrogen-bond donors (Lipinski definition) is 2. The van der Waals surface area contributed by atoms with Crippen LogP contribution in [0.5, 0.6) is 5.75 Å². The van der Waals surface area contributed by atoms with Crippen LogP contribution >= 0.6 is 0 Å². The van der Waals surface area contributed by atoms with E-state index in [1.165, 1.54) is 0 Å². The summed E-state index contributed by atoms with van der Waals surface area (Å²) in [5.74, 6) is 1.35. The third-order valence-electron chi connectivity index (χ3n) is 2.05. The molecule has 3 N–H and O–H groups in total. The summed E-state index contributed by atoms with van der Waals surface area (Å²) in [5, 5.41) is 13.7. The van der Waals surface area contributed by atoms with Gasteiger partial charge in [0.15, 0.2) is 0 Å². The number of nitrogens with one attached hydrogen (secondary N) is 1. The maximum atomic E-state index is 5.52. The number of tetrazole rings is 1. The van der Waals surface area contributed by atoms with Gasteiger partial charge in [0, 0.05) is 5.56 Å². The van der Waals surface area contributed by atoms with E-state index in [0.717, 1.165) is 17.7 Å². The quantitative estimate of drug-likeness (QED) is 0.718. The lowest BCUT2D eigenvalue weighted by atomic mass is 10.2. The van der Waals surface area contributed by atoms with Gasteiger partial charge in [0.2, 0.25) is 5.82 Å². The van der Waals surface area contributed by atoms with Gasteiger partial charge in [-0.05, 0) is 30.3 Å². The monoisotopic (exact) mass is 219 g/mol. The summed E-state index contributed by atoms with van der Waals surface area (Å²) >= 11 is 0. The van der Waals surface area contributed by atoms with E-state index in [0.29, 0.717) is 19.0 Å². The van der Waals surface area contributed by atoms with Gasteiger partial charge in [-0.2, -0.15) is 5.21 Å². The van der Waals surface area contributed by atoms with E-state index in [2.05, 4.69) is 20.6 Å². The fourth-order valence-electron chi connectivity index (χ4n) is 1.28. The lowest BCUT2D eigenvalue weighted by molar-refractivity contribution is 0.313. The Morgan fingerprint density at radius 3 is 3.06 bits per heavy atom. The van der Waals surface area contributed by atoms with E-state index in [9.17, 15) is 0 Å². The molecule has 2 aromatic rings. The molecule has 84 valence electrons. The predicted octanol–water partition coefficient (Wildman–Crippen LogP) is 0.594. The normalized spacial score (nSPS) is 10.3. The Kier molecular flexibility index (Phi) is 3.45. The molecular formula is C10H13N5O. The fourth-order valence-corrected chi connectivity index (χ4v) is 1.28. The Morgan fingerprint density at radius 1 is 1.38 bits per heavy atom. The molecule has 0 saturated heterocycles. The molecule has 0 aliphatic carbocycles. The van der Waals surface area contributed by atoms with Crippen LogP contribution in [0.2, 0.25) is 0 Å². The summed E-state index contributed by atoms with van der Waals surface area (Å²) in [6.45, 7) is 1.25. The second-order valence-corrected chi connectivity index (χ2v) is 3.25. The molecule has 0 aliphatic heterocycles. The lowest BCUT2D eigenvalue weighted by Crippen LogP contribution is -2.06. The van der Waals surface area contributed by atoms with E-state index in [-0.39, 0.29) is 0 Å². The first kappa shape index (κ1) is 10.6. The van der Waals surface area contributed by atoms with Gasteiger partial charge in [0.25, 0.3) is 0 Å². The van der Waals surface area contributed by atoms with Gasteiger partial charge in [-0.1, -0.05) is 12.1 Å². The molecule has 0 atom stereocenters. The third-order valence-corrected chi connectivity index (χ3v) is 2.05. The van der Waals surface area contributed by atoms with Gasteiger partial charge >= 0.3 is 0 Å². The van der Waals surface area contributed by atoms with Gasteiger partial charge in [0.05, 0.1) is 6.61 Å². The molecule has 0 bridgehead atoms. The maximum Gasteiger partial charge on any atom is 0.204 e. The predicted molar refractivity (Wildman–Crippen MR) is 58.8 cm³/mol. The van der Waals surface area contributed by atoms with Crippen molar-refractivity contribution in [2.24, 2.45) is 5.73 Å². The number of rotatable bonds is 5. The van der Waals surface area contributed by atoms with E-state index in [1.54, 1.807) is 0 Å². The van der Waals surface area contributed by atoms with Crippen LogP contribution in [0, 0.1) is 0 Å². The van der Waals surface area contributed by atoms with E-state index >= 15 is 0 Å². The number of aromatic amines is 1. The fraction of sp³-hybridized carbons (Fsp3) is 0.300. The highest BCUT2D eigenvalue weighted by Crippen LogP contribution is 2.19. The number of nitrogens with two attached hydrogens (primary N) is 1. The number of hydrogen-bond acceptors (Lipinski definition) is 5. The molecule has 16 heavy (non-hydrogen) atoms. The Hall–Kier alpha value is -1.95. The SMILES string of the molecule is NCCCOc1cccc(-c2nn[nH]n2)c1. The Bertz CT molecular complexity index is 429. The van der Waals surface area contributed by atoms with Gasteiger partial charge in [0.1, 0.15) is 5.75 Å². The summed E-state index contributed by atoms with van der Waals surface area (Å²) in [4.78, 5) is 0. The Labute approximate surface area is 92.8 Å². The standard InChI is InChI=1S/C10H13N5O/c11-5-2-6-16-9-4-1-3-8(7-9)10-12-14-15-13-10/h1,3-4,7H,2,5-6,11H2,(H,12,13,14,15). The summed E-state index contributed by atoms with van der Waals surface area (Å²) in [5.41, 5.74) is 6.26. The van der Waals surface area contributed by atoms with Crippen LogP contribution in [0.25, 0.3) is 11.4 Å². The minimum absolute atomic E-state index is 0.560. The van der Waals surface area contributed by atoms with Crippen LogP contribution in [0.15, 0.2) is 24.3 Å². The van der Waals surface area contributed by atoms with Crippen molar-refractivity contribution >= 4 is 0 Å². The summed E-state index contributed by atoms with van der Waals surface area (Å²) in [6, 6.07) is 7.56. The van der Waals surface area contributed by atoms with E-state index < -0.39 is 0 Å². The number of nitrogens with zero attached hydrogens (tertiary/aromatic N) is 3. The average molecular weight is 219 g/mol. The molecule has 0 aliphatic rings. The van der Waals surface area contributed by atoms with Gasteiger partial charge in [-0.25, -0.2) is 0 Å². The number of aromatic nitrogens is 4. The molecule has 2 rings (SSSR count). The zero-order chi connectivity index (χ0) is 11.2. The summed E-state index contributed by atoms with van der Waals surface area (Å²) < 4.78 is 5.52. The molecular weight excluding hydrogens is 206 g/mol. The topological polar surface area (TPSA) is 89.7 Å². The lowest BCUT2D eigenvalue weighted by Gasteiger charge is -2.05. The Balaban J connectivity index is 2.08. The van der Waals surface area contributed by atoms with Crippen molar-refractivity contribution in [3.05, 3.63) is 24.3 Å². The first-order valence-electron chi connectivity index (χ1n) is 5.07. The van der Waals surface area contributed by atoms with E-state index in [4.69, 9.17) is 10.5 Å². The number of H-pyrrole nitrogens is 1. The first-order valence-corrected chi connectivity index (χ1v) is 5.07. The Morgan fingerprint density at radius 2 is 2.31 bits per heavy atom. The zero-order valence-electron chi connectivity index (χ0n) is 8.76. The highest BCUT2D eigenvalue weighted by atomic mass is 16.5. The van der Waals surface area contributed by atoms with Crippen molar-refractivity contribution in [3.63, 3.8) is 0 Å². The number of ether oxygens (including phenoxy) is 1. The van der Waals surface area contributed by atoms with Crippen LogP contribution in [0.4, 0.5) is 0 Å². The average Bonchev–Trinajstić information content (AvgIpc) is 2.83.